The second-order valence-electron chi connectivity index (χ2n) is 10.3. The molecule has 0 radical (unpaired) electrons. The summed E-state index contributed by atoms with van der Waals surface area (Å²) in [6, 6.07) is 13.9. The highest BCUT2D eigenvalue weighted by molar-refractivity contribution is 6.11. The van der Waals surface area contributed by atoms with E-state index in [4.69, 9.17) is 14.7 Å². The Kier molecular flexibility index (Phi) is 4.42. The summed E-state index contributed by atoms with van der Waals surface area (Å²) in [6.07, 6.45) is 3.53. The zero-order valence-electron chi connectivity index (χ0n) is 19.6. The molecule has 0 spiro atoms. The van der Waals surface area contributed by atoms with Gasteiger partial charge in [0, 0.05) is 34.9 Å². The SMILES string of the molecule is CNC(=O)c1ccc2nc3c(nc2c1)c1c(c2ccccc23)OC(C)(C)C2CCC(C)CC12. The first kappa shape index (κ1) is 20.4. The number of nitrogens with one attached hydrogen (secondary N) is 1. The second kappa shape index (κ2) is 7.14. The average Bonchev–Trinajstić information content (AvgIpc) is 2.81. The van der Waals surface area contributed by atoms with Crippen LogP contribution in [0.25, 0.3) is 32.8 Å². The lowest BCUT2D eigenvalue weighted by molar-refractivity contribution is -0.0115. The highest BCUT2D eigenvalue weighted by atomic mass is 16.5. The van der Waals surface area contributed by atoms with Gasteiger partial charge in [-0.05, 0) is 56.7 Å². The minimum absolute atomic E-state index is 0.120. The molecule has 0 bridgehead atoms. The van der Waals surface area contributed by atoms with Crippen LogP contribution in [0, 0.1) is 11.8 Å². The lowest BCUT2D eigenvalue weighted by atomic mass is 9.64. The van der Waals surface area contributed by atoms with Crippen molar-refractivity contribution < 1.29 is 9.53 Å². The minimum Gasteiger partial charge on any atom is -0.487 e. The van der Waals surface area contributed by atoms with E-state index in [9.17, 15) is 4.79 Å². The van der Waals surface area contributed by atoms with Crippen LogP contribution in [-0.2, 0) is 0 Å². The number of hydrogen-bond acceptors (Lipinski definition) is 4. The number of carbonyl (C=O) groups excluding carboxylic acids is 1. The summed E-state index contributed by atoms with van der Waals surface area (Å²) < 4.78 is 6.80. The van der Waals surface area contributed by atoms with Gasteiger partial charge in [0.15, 0.2) is 0 Å². The van der Waals surface area contributed by atoms with E-state index < -0.39 is 0 Å². The highest BCUT2D eigenvalue weighted by Crippen LogP contribution is 2.56. The molecule has 168 valence electrons. The van der Waals surface area contributed by atoms with Crippen LogP contribution in [0.5, 0.6) is 5.75 Å². The quantitative estimate of drug-likeness (QED) is 0.292. The third kappa shape index (κ3) is 3.01. The molecule has 6 rings (SSSR count). The normalized spacial score (nSPS) is 23.7. The molecule has 5 heteroatoms. The van der Waals surface area contributed by atoms with Crippen LogP contribution in [0.4, 0.5) is 0 Å². The number of rotatable bonds is 1. The van der Waals surface area contributed by atoms with Gasteiger partial charge in [-0.25, -0.2) is 9.97 Å². The van der Waals surface area contributed by atoms with Crippen LogP contribution >= 0.6 is 0 Å². The van der Waals surface area contributed by atoms with E-state index in [1.54, 1.807) is 7.05 Å². The number of aromatic nitrogens is 2. The van der Waals surface area contributed by atoms with Crippen molar-refractivity contribution in [3.63, 3.8) is 0 Å². The van der Waals surface area contributed by atoms with Crippen molar-refractivity contribution >= 4 is 38.7 Å². The maximum Gasteiger partial charge on any atom is 0.251 e. The molecule has 1 fully saturated rings. The lowest BCUT2D eigenvalue weighted by Crippen LogP contribution is -2.46. The predicted molar refractivity (Wildman–Crippen MR) is 132 cm³/mol. The summed E-state index contributed by atoms with van der Waals surface area (Å²) in [5.74, 6) is 2.34. The van der Waals surface area contributed by atoms with Gasteiger partial charge < -0.3 is 10.1 Å². The fraction of sp³-hybridized carbons (Fsp3) is 0.393. The van der Waals surface area contributed by atoms with Crippen LogP contribution in [-0.4, -0.2) is 28.5 Å². The summed E-state index contributed by atoms with van der Waals surface area (Å²) in [7, 11) is 1.64. The summed E-state index contributed by atoms with van der Waals surface area (Å²) in [5, 5.41) is 4.88. The van der Waals surface area contributed by atoms with Crippen molar-refractivity contribution in [3.8, 4) is 5.75 Å². The molecular weight excluding hydrogens is 410 g/mol. The number of nitrogens with zero attached hydrogens (tertiary/aromatic N) is 2. The number of amides is 1. The first-order valence-corrected chi connectivity index (χ1v) is 11.9. The van der Waals surface area contributed by atoms with Crippen molar-refractivity contribution in [2.45, 2.75) is 51.6 Å². The molecule has 3 atom stereocenters. The first-order chi connectivity index (χ1) is 15.9. The van der Waals surface area contributed by atoms with Crippen LogP contribution < -0.4 is 10.1 Å². The smallest absolute Gasteiger partial charge is 0.251 e. The molecule has 3 unspecified atom stereocenters. The number of hydrogen-bond donors (Lipinski definition) is 1. The second-order valence-corrected chi connectivity index (χ2v) is 10.3. The van der Waals surface area contributed by atoms with E-state index in [0.717, 1.165) is 51.4 Å². The Bertz CT molecular complexity index is 1440. The Morgan fingerprint density at radius 3 is 2.58 bits per heavy atom. The van der Waals surface area contributed by atoms with Gasteiger partial charge in [0.2, 0.25) is 0 Å². The Balaban J connectivity index is 1.72. The van der Waals surface area contributed by atoms with E-state index in [1.807, 2.05) is 24.3 Å². The largest absolute Gasteiger partial charge is 0.487 e. The number of benzene rings is 3. The molecule has 0 saturated heterocycles. The summed E-state index contributed by atoms with van der Waals surface area (Å²) in [6.45, 7) is 6.84. The van der Waals surface area contributed by atoms with E-state index in [-0.39, 0.29) is 11.5 Å². The van der Waals surface area contributed by atoms with E-state index >= 15 is 0 Å². The highest BCUT2D eigenvalue weighted by Gasteiger charge is 2.47. The third-order valence-electron chi connectivity index (χ3n) is 7.82. The fourth-order valence-electron chi connectivity index (χ4n) is 6.18. The van der Waals surface area contributed by atoms with E-state index in [1.165, 1.54) is 12.0 Å². The maximum atomic E-state index is 12.2. The average molecular weight is 440 g/mol. The first-order valence-electron chi connectivity index (χ1n) is 11.9. The molecule has 4 aromatic rings. The molecule has 1 aliphatic heterocycles. The molecule has 2 aliphatic rings. The van der Waals surface area contributed by atoms with Gasteiger partial charge in [0.1, 0.15) is 11.4 Å². The third-order valence-corrected chi connectivity index (χ3v) is 7.82. The molecule has 1 amide bonds. The van der Waals surface area contributed by atoms with Gasteiger partial charge in [-0.3, -0.25) is 4.79 Å². The minimum atomic E-state index is -0.231. The molecule has 1 aliphatic carbocycles. The topological polar surface area (TPSA) is 64.1 Å². The van der Waals surface area contributed by atoms with Gasteiger partial charge in [-0.15, -0.1) is 0 Å². The number of fused-ring (bicyclic) bond motifs is 9. The maximum absolute atomic E-state index is 12.2. The molecule has 1 aromatic heterocycles. The van der Waals surface area contributed by atoms with Crippen LogP contribution in [0.2, 0.25) is 0 Å². The van der Waals surface area contributed by atoms with Gasteiger partial charge in [-0.2, -0.15) is 0 Å². The fourth-order valence-corrected chi connectivity index (χ4v) is 6.18. The van der Waals surface area contributed by atoms with Gasteiger partial charge in [-0.1, -0.05) is 37.6 Å². The van der Waals surface area contributed by atoms with Gasteiger partial charge in [0.05, 0.1) is 22.1 Å². The number of ether oxygens (including phenoxy) is 1. The molecule has 33 heavy (non-hydrogen) atoms. The summed E-state index contributed by atoms with van der Waals surface area (Å²) >= 11 is 0. The Labute approximate surface area is 193 Å². The molecule has 5 nitrogen and oxygen atoms in total. The van der Waals surface area contributed by atoms with Gasteiger partial charge in [0.25, 0.3) is 5.91 Å². The summed E-state index contributed by atoms with van der Waals surface area (Å²) in [4.78, 5) is 22.5. The van der Waals surface area contributed by atoms with Crippen molar-refractivity contribution in [1.82, 2.24) is 15.3 Å². The molecule has 1 saturated carbocycles. The molecule has 3 aromatic carbocycles. The van der Waals surface area contributed by atoms with Crippen molar-refractivity contribution in [1.29, 1.82) is 0 Å². The predicted octanol–water partition coefficient (Wildman–Crippen LogP) is 5.99. The standard InChI is InChI=1S/C28H29N3O2/c1-15-9-11-20-19(13-15)23-25-24(17-7-5-6-8-18(17)26(23)33-28(20,2)3)30-21-12-10-16(27(32)29-4)14-22(21)31-25/h5-8,10,12,14-15,19-20H,9,11,13H2,1-4H3,(H,29,32). The Hall–Kier alpha value is -3.21. The zero-order chi connectivity index (χ0) is 22.9. The van der Waals surface area contributed by atoms with E-state index in [2.05, 4.69) is 44.3 Å². The monoisotopic (exact) mass is 439 g/mol. The van der Waals surface area contributed by atoms with Crippen molar-refractivity contribution in [3.05, 3.63) is 53.6 Å². The summed E-state index contributed by atoms with van der Waals surface area (Å²) in [5.41, 5.74) is 4.95. The lowest BCUT2D eigenvalue weighted by Gasteiger charge is -2.49. The molecule has 1 N–H and O–H groups in total. The van der Waals surface area contributed by atoms with Crippen molar-refractivity contribution in [2.75, 3.05) is 7.05 Å². The van der Waals surface area contributed by atoms with Gasteiger partial charge >= 0.3 is 0 Å². The van der Waals surface area contributed by atoms with Crippen LogP contribution in [0.1, 0.15) is 61.9 Å². The van der Waals surface area contributed by atoms with E-state index in [0.29, 0.717) is 23.3 Å². The van der Waals surface area contributed by atoms with Crippen LogP contribution in [0.15, 0.2) is 42.5 Å². The Morgan fingerprint density at radius 1 is 1.03 bits per heavy atom. The zero-order valence-corrected chi connectivity index (χ0v) is 19.6. The number of carbonyl (C=O) groups is 1. The molecule has 2 heterocycles. The molecular formula is C28H29N3O2. The Morgan fingerprint density at radius 2 is 1.79 bits per heavy atom. The van der Waals surface area contributed by atoms with Crippen LogP contribution in [0.3, 0.4) is 0 Å². The van der Waals surface area contributed by atoms with Crippen molar-refractivity contribution in [2.24, 2.45) is 11.8 Å².